The molecular formula is C12H18BrClN2O2. The van der Waals surface area contributed by atoms with E-state index in [-0.39, 0.29) is 24.9 Å². The third-order valence-electron chi connectivity index (χ3n) is 2.17. The molecule has 4 nitrogen and oxygen atoms in total. The Morgan fingerprint density at radius 3 is 2.44 bits per heavy atom. The fourth-order valence-electron chi connectivity index (χ4n) is 1.14. The molecule has 1 amide bonds. The number of nitrogens with one attached hydrogen (secondary N) is 1. The zero-order valence-corrected chi connectivity index (χ0v) is 12.8. The van der Waals surface area contributed by atoms with Gasteiger partial charge in [-0.05, 0) is 38.1 Å². The van der Waals surface area contributed by atoms with Crippen molar-refractivity contribution >= 4 is 34.2 Å². The Balaban J connectivity index is 0.00000289. The Morgan fingerprint density at radius 1 is 1.39 bits per heavy atom. The van der Waals surface area contributed by atoms with Gasteiger partial charge in [0.1, 0.15) is 5.75 Å². The lowest BCUT2D eigenvalue weighted by molar-refractivity contribution is -0.124. The second kappa shape index (κ2) is 7.61. The molecule has 0 aliphatic rings. The summed E-state index contributed by atoms with van der Waals surface area (Å²) in [6.45, 7) is 4.11. The van der Waals surface area contributed by atoms with E-state index in [4.69, 9.17) is 10.5 Å². The zero-order valence-electron chi connectivity index (χ0n) is 10.4. The summed E-state index contributed by atoms with van der Waals surface area (Å²) in [5.41, 5.74) is 5.12. The Labute approximate surface area is 122 Å². The molecule has 0 spiro atoms. The van der Waals surface area contributed by atoms with Crippen LogP contribution in [0.5, 0.6) is 5.75 Å². The third-order valence-corrected chi connectivity index (χ3v) is 2.70. The molecule has 0 aliphatic heterocycles. The van der Waals surface area contributed by atoms with E-state index in [9.17, 15) is 4.79 Å². The van der Waals surface area contributed by atoms with Gasteiger partial charge in [0.2, 0.25) is 0 Å². The van der Waals surface area contributed by atoms with Crippen LogP contribution in [0.2, 0.25) is 0 Å². The van der Waals surface area contributed by atoms with Gasteiger partial charge in [-0.25, -0.2) is 0 Å². The molecule has 102 valence electrons. The molecule has 1 aromatic carbocycles. The predicted molar refractivity (Wildman–Crippen MR) is 78.2 cm³/mol. The molecule has 0 fully saturated rings. The Kier molecular flexibility index (Phi) is 7.28. The van der Waals surface area contributed by atoms with E-state index in [1.54, 1.807) is 12.1 Å². The largest absolute Gasteiger partial charge is 0.484 e. The first-order valence-corrected chi connectivity index (χ1v) is 6.12. The van der Waals surface area contributed by atoms with Crippen molar-refractivity contribution in [3.05, 3.63) is 28.7 Å². The van der Waals surface area contributed by atoms with Gasteiger partial charge in [0.25, 0.3) is 5.91 Å². The number of hydrogen-bond acceptors (Lipinski definition) is 3. The molecule has 18 heavy (non-hydrogen) atoms. The minimum absolute atomic E-state index is 0. The summed E-state index contributed by atoms with van der Waals surface area (Å²) in [5.74, 6) is 0.484. The first kappa shape index (κ1) is 17.2. The van der Waals surface area contributed by atoms with E-state index < -0.39 is 5.54 Å². The number of hydrogen-bond donors (Lipinski definition) is 2. The van der Waals surface area contributed by atoms with Crippen molar-refractivity contribution in [3.8, 4) is 5.75 Å². The predicted octanol–water partition coefficient (Wildman–Crippen LogP) is 2.10. The molecule has 3 N–H and O–H groups in total. The number of carbonyl (C=O) groups excluding carboxylic acids is 1. The minimum Gasteiger partial charge on any atom is -0.484 e. The molecule has 0 unspecified atom stereocenters. The van der Waals surface area contributed by atoms with Gasteiger partial charge in [0, 0.05) is 16.6 Å². The van der Waals surface area contributed by atoms with Gasteiger partial charge in [-0.15, -0.1) is 12.4 Å². The van der Waals surface area contributed by atoms with E-state index in [2.05, 4.69) is 21.2 Å². The molecule has 0 saturated carbocycles. The summed E-state index contributed by atoms with van der Waals surface area (Å²) in [6.07, 6.45) is 0. The van der Waals surface area contributed by atoms with Crippen molar-refractivity contribution in [2.75, 3.05) is 13.2 Å². The summed E-state index contributed by atoms with van der Waals surface area (Å²) < 4.78 is 6.31. The van der Waals surface area contributed by atoms with Crippen molar-refractivity contribution < 1.29 is 9.53 Å². The van der Waals surface area contributed by atoms with Crippen molar-refractivity contribution in [2.45, 2.75) is 19.4 Å². The fraction of sp³-hybridized carbons (Fsp3) is 0.417. The molecule has 0 heterocycles. The zero-order chi connectivity index (χ0) is 12.9. The number of benzene rings is 1. The van der Waals surface area contributed by atoms with Crippen LogP contribution in [0.25, 0.3) is 0 Å². The number of rotatable bonds is 5. The fourth-order valence-corrected chi connectivity index (χ4v) is 1.41. The van der Waals surface area contributed by atoms with Gasteiger partial charge in [-0.1, -0.05) is 15.9 Å². The molecule has 6 heteroatoms. The van der Waals surface area contributed by atoms with E-state index in [1.807, 2.05) is 26.0 Å². The second-order valence-corrected chi connectivity index (χ2v) is 5.29. The summed E-state index contributed by atoms with van der Waals surface area (Å²) >= 11 is 3.33. The molecule has 0 atom stereocenters. The van der Waals surface area contributed by atoms with E-state index >= 15 is 0 Å². The highest BCUT2D eigenvalue weighted by molar-refractivity contribution is 9.10. The second-order valence-electron chi connectivity index (χ2n) is 4.38. The van der Waals surface area contributed by atoms with Gasteiger partial charge >= 0.3 is 0 Å². The average molecular weight is 338 g/mol. The highest BCUT2D eigenvalue weighted by atomic mass is 79.9. The van der Waals surface area contributed by atoms with Crippen molar-refractivity contribution in [3.63, 3.8) is 0 Å². The quantitative estimate of drug-likeness (QED) is 0.865. The van der Waals surface area contributed by atoms with Crippen LogP contribution in [-0.2, 0) is 4.79 Å². The number of carbonyl (C=O) groups is 1. The topological polar surface area (TPSA) is 64.3 Å². The van der Waals surface area contributed by atoms with Crippen LogP contribution in [0, 0.1) is 0 Å². The van der Waals surface area contributed by atoms with Crippen molar-refractivity contribution in [1.82, 2.24) is 5.32 Å². The van der Waals surface area contributed by atoms with Gasteiger partial charge in [0.15, 0.2) is 6.61 Å². The third kappa shape index (κ3) is 6.23. The molecule has 1 rings (SSSR count). The van der Waals surface area contributed by atoms with Crippen LogP contribution >= 0.6 is 28.3 Å². The lowest BCUT2D eigenvalue weighted by Crippen LogP contribution is -2.50. The van der Waals surface area contributed by atoms with Gasteiger partial charge in [-0.3, -0.25) is 4.79 Å². The summed E-state index contributed by atoms with van der Waals surface area (Å²) in [5, 5.41) is 2.79. The first-order valence-electron chi connectivity index (χ1n) is 5.32. The first-order chi connectivity index (χ1) is 7.93. The average Bonchev–Trinajstić information content (AvgIpc) is 2.28. The SMILES string of the molecule is CC(C)(CN)NC(=O)COc1ccc(Br)cc1.Cl. The van der Waals surface area contributed by atoms with Crippen LogP contribution in [-0.4, -0.2) is 24.6 Å². The minimum atomic E-state index is -0.403. The lowest BCUT2D eigenvalue weighted by atomic mass is 10.1. The maximum absolute atomic E-state index is 11.6. The van der Waals surface area contributed by atoms with E-state index in [1.165, 1.54) is 0 Å². The Hall–Kier alpha value is -0.780. The van der Waals surface area contributed by atoms with Crippen LogP contribution in [0.3, 0.4) is 0 Å². The molecule has 0 radical (unpaired) electrons. The standard InChI is InChI=1S/C12H17BrN2O2.ClH/c1-12(2,8-14)15-11(16)7-17-10-5-3-9(13)4-6-10;/h3-6H,7-8,14H2,1-2H3,(H,15,16);1H. The molecule has 0 saturated heterocycles. The lowest BCUT2D eigenvalue weighted by Gasteiger charge is -2.24. The number of amides is 1. The van der Waals surface area contributed by atoms with Crippen LogP contribution in [0.15, 0.2) is 28.7 Å². The monoisotopic (exact) mass is 336 g/mol. The summed E-state index contributed by atoms with van der Waals surface area (Å²) in [7, 11) is 0. The summed E-state index contributed by atoms with van der Waals surface area (Å²) in [6, 6.07) is 7.31. The van der Waals surface area contributed by atoms with Crippen molar-refractivity contribution in [2.24, 2.45) is 5.73 Å². The summed E-state index contributed by atoms with van der Waals surface area (Å²) in [4.78, 5) is 11.6. The number of ether oxygens (including phenoxy) is 1. The van der Waals surface area contributed by atoms with Gasteiger partial charge in [0.05, 0.1) is 0 Å². The molecule has 0 aromatic heterocycles. The van der Waals surface area contributed by atoms with Crippen LogP contribution in [0.4, 0.5) is 0 Å². The van der Waals surface area contributed by atoms with Gasteiger partial charge in [-0.2, -0.15) is 0 Å². The normalized spacial score (nSPS) is 10.4. The highest BCUT2D eigenvalue weighted by Gasteiger charge is 2.18. The smallest absolute Gasteiger partial charge is 0.258 e. The molecule has 0 bridgehead atoms. The van der Waals surface area contributed by atoms with Crippen molar-refractivity contribution in [1.29, 1.82) is 0 Å². The van der Waals surface area contributed by atoms with Crippen LogP contribution < -0.4 is 15.8 Å². The Bertz CT molecular complexity index is 382. The molecular weight excluding hydrogens is 320 g/mol. The molecule has 1 aromatic rings. The van der Waals surface area contributed by atoms with Crippen LogP contribution in [0.1, 0.15) is 13.8 Å². The van der Waals surface area contributed by atoms with E-state index in [0.717, 1.165) is 4.47 Å². The molecule has 0 aliphatic carbocycles. The van der Waals surface area contributed by atoms with Gasteiger partial charge < -0.3 is 15.8 Å². The Morgan fingerprint density at radius 2 is 1.94 bits per heavy atom. The number of nitrogens with two attached hydrogens (primary N) is 1. The highest BCUT2D eigenvalue weighted by Crippen LogP contribution is 2.15. The van der Waals surface area contributed by atoms with E-state index in [0.29, 0.717) is 12.3 Å². The number of halogens is 2. The maximum Gasteiger partial charge on any atom is 0.258 e. The maximum atomic E-state index is 11.6.